The van der Waals surface area contributed by atoms with Crippen molar-refractivity contribution in [3.05, 3.63) is 0 Å². The van der Waals surface area contributed by atoms with Gasteiger partial charge in [-0.15, -0.1) is 0 Å². The maximum atomic E-state index is 9.22. The van der Waals surface area contributed by atoms with Crippen LogP contribution in [0.3, 0.4) is 0 Å². The number of piperidine rings is 1. The predicted octanol–water partition coefficient (Wildman–Crippen LogP) is 2.23. The minimum absolute atomic E-state index is 0.253. The summed E-state index contributed by atoms with van der Waals surface area (Å²) >= 11 is 0. The van der Waals surface area contributed by atoms with Gasteiger partial charge in [0.15, 0.2) is 5.96 Å². The van der Waals surface area contributed by atoms with E-state index in [1.807, 2.05) is 0 Å². The molecule has 6 nitrogen and oxygen atoms in total. The predicted molar refractivity (Wildman–Crippen MR) is 110 cm³/mol. The van der Waals surface area contributed by atoms with Gasteiger partial charge in [0.1, 0.15) is 0 Å². The van der Waals surface area contributed by atoms with Crippen molar-refractivity contribution in [1.82, 2.24) is 15.5 Å². The van der Waals surface area contributed by atoms with Gasteiger partial charge in [0.05, 0.1) is 12.7 Å². The summed E-state index contributed by atoms with van der Waals surface area (Å²) < 4.78 is 5.66. The lowest BCUT2D eigenvalue weighted by atomic mass is 10.0. The van der Waals surface area contributed by atoms with Crippen LogP contribution in [0.2, 0.25) is 0 Å². The Labute approximate surface area is 160 Å². The number of nitrogens with zero attached hydrogens (tertiary/aromatic N) is 2. The average molecular weight is 371 g/mol. The Balaban J connectivity index is 2.39. The maximum absolute atomic E-state index is 9.22. The van der Waals surface area contributed by atoms with Crippen LogP contribution in [0.4, 0.5) is 0 Å². The number of hydrogen-bond acceptors (Lipinski definition) is 4. The van der Waals surface area contributed by atoms with E-state index >= 15 is 0 Å². The summed E-state index contributed by atoms with van der Waals surface area (Å²) in [7, 11) is 0. The second-order valence-corrected chi connectivity index (χ2v) is 7.57. The highest BCUT2D eigenvalue weighted by Gasteiger charge is 2.20. The minimum Gasteiger partial charge on any atom is -0.396 e. The van der Waals surface area contributed by atoms with E-state index < -0.39 is 0 Å². The molecular weight excluding hydrogens is 328 g/mol. The fraction of sp³-hybridized carbons (Fsp3) is 0.950. The molecule has 0 amide bonds. The third kappa shape index (κ3) is 10.3. The molecule has 1 fully saturated rings. The summed E-state index contributed by atoms with van der Waals surface area (Å²) in [6, 6.07) is 0.484. The van der Waals surface area contributed by atoms with E-state index in [2.05, 4.69) is 43.2 Å². The zero-order valence-electron chi connectivity index (χ0n) is 17.5. The summed E-state index contributed by atoms with van der Waals surface area (Å²) in [6.45, 7) is 14.5. The first-order valence-corrected chi connectivity index (χ1v) is 10.6. The van der Waals surface area contributed by atoms with Crippen LogP contribution in [-0.2, 0) is 4.74 Å². The Kier molecular flexibility index (Phi) is 12.7. The topological polar surface area (TPSA) is 69.1 Å². The third-order valence-corrected chi connectivity index (χ3v) is 4.87. The first kappa shape index (κ1) is 23.2. The zero-order chi connectivity index (χ0) is 19.2. The van der Waals surface area contributed by atoms with E-state index in [0.717, 1.165) is 77.4 Å². The van der Waals surface area contributed by atoms with Crippen molar-refractivity contribution in [1.29, 1.82) is 0 Å². The van der Waals surface area contributed by atoms with Gasteiger partial charge >= 0.3 is 0 Å². The van der Waals surface area contributed by atoms with Crippen LogP contribution < -0.4 is 10.6 Å². The van der Waals surface area contributed by atoms with Crippen LogP contribution in [0.5, 0.6) is 0 Å². The van der Waals surface area contributed by atoms with Crippen LogP contribution in [0.1, 0.15) is 59.8 Å². The lowest BCUT2D eigenvalue weighted by Crippen LogP contribution is -2.49. The number of likely N-dealkylation sites (tertiary alicyclic amines) is 1. The number of aliphatic hydroxyl groups is 1. The van der Waals surface area contributed by atoms with E-state index in [4.69, 9.17) is 9.73 Å². The second kappa shape index (κ2) is 14.2. The molecule has 0 aromatic heterocycles. The van der Waals surface area contributed by atoms with Crippen molar-refractivity contribution in [3.8, 4) is 0 Å². The summed E-state index contributed by atoms with van der Waals surface area (Å²) in [5.74, 6) is 1.40. The fourth-order valence-electron chi connectivity index (χ4n) is 3.37. The van der Waals surface area contributed by atoms with Gasteiger partial charge < -0.3 is 25.4 Å². The molecule has 154 valence electrons. The molecule has 1 rings (SSSR count). The largest absolute Gasteiger partial charge is 0.396 e. The first-order chi connectivity index (χ1) is 12.6. The van der Waals surface area contributed by atoms with Gasteiger partial charge in [0.2, 0.25) is 0 Å². The summed E-state index contributed by atoms with van der Waals surface area (Å²) in [5, 5.41) is 16.2. The highest BCUT2D eigenvalue weighted by molar-refractivity contribution is 5.80. The van der Waals surface area contributed by atoms with Crippen LogP contribution in [-0.4, -0.2) is 74.0 Å². The molecule has 0 aromatic carbocycles. The third-order valence-electron chi connectivity index (χ3n) is 4.87. The van der Waals surface area contributed by atoms with Crippen LogP contribution in [0, 0.1) is 5.92 Å². The second-order valence-electron chi connectivity index (χ2n) is 7.57. The Bertz CT molecular complexity index is 363. The summed E-state index contributed by atoms with van der Waals surface area (Å²) in [6.07, 6.45) is 5.70. The molecular formula is C20H42N4O2. The van der Waals surface area contributed by atoms with Gasteiger partial charge in [0, 0.05) is 45.4 Å². The van der Waals surface area contributed by atoms with Crippen molar-refractivity contribution < 1.29 is 9.84 Å². The standard InChI is InChI=1S/C20H42N4O2/c1-5-7-18(10-14-25)16-22-20(21-6-2)23-19-8-11-24(12-9-19)13-15-26-17(3)4/h17-19,25H,5-16H2,1-4H3,(H2,21,22,23). The van der Waals surface area contributed by atoms with Crippen LogP contribution in [0.15, 0.2) is 4.99 Å². The van der Waals surface area contributed by atoms with Gasteiger partial charge in [-0.2, -0.15) is 0 Å². The van der Waals surface area contributed by atoms with Crippen molar-refractivity contribution in [2.24, 2.45) is 10.9 Å². The molecule has 0 bridgehead atoms. The first-order valence-electron chi connectivity index (χ1n) is 10.6. The number of nitrogens with one attached hydrogen (secondary N) is 2. The Hall–Kier alpha value is -0.850. The van der Waals surface area contributed by atoms with Gasteiger partial charge in [0.25, 0.3) is 0 Å². The Morgan fingerprint density at radius 3 is 2.54 bits per heavy atom. The van der Waals surface area contributed by atoms with Gasteiger partial charge in [-0.3, -0.25) is 4.99 Å². The Morgan fingerprint density at radius 1 is 1.23 bits per heavy atom. The minimum atomic E-state index is 0.253. The number of rotatable bonds is 12. The van der Waals surface area contributed by atoms with E-state index in [9.17, 15) is 5.11 Å². The summed E-state index contributed by atoms with van der Waals surface area (Å²) in [4.78, 5) is 7.27. The molecule has 6 heteroatoms. The molecule has 0 aliphatic carbocycles. The van der Waals surface area contributed by atoms with Crippen LogP contribution >= 0.6 is 0 Å². The van der Waals surface area contributed by atoms with Crippen LogP contribution in [0.25, 0.3) is 0 Å². The number of hydrogen-bond donors (Lipinski definition) is 3. The molecule has 1 aliphatic heterocycles. The van der Waals surface area contributed by atoms with Crippen molar-refractivity contribution >= 4 is 5.96 Å². The molecule has 0 saturated carbocycles. The van der Waals surface area contributed by atoms with Gasteiger partial charge in [-0.25, -0.2) is 0 Å². The van der Waals surface area contributed by atoms with E-state index in [1.54, 1.807) is 0 Å². The molecule has 1 heterocycles. The maximum Gasteiger partial charge on any atom is 0.191 e. The summed E-state index contributed by atoms with van der Waals surface area (Å²) in [5.41, 5.74) is 0. The monoisotopic (exact) mass is 370 g/mol. The molecule has 1 aliphatic rings. The van der Waals surface area contributed by atoms with Gasteiger partial charge in [-0.1, -0.05) is 13.3 Å². The average Bonchev–Trinajstić information content (AvgIpc) is 2.61. The van der Waals surface area contributed by atoms with Crippen molar-refractivity contribution in [3.63, 3.8) is 0 Å². The van der Waals surface area contributed by atoms with E-state index in [1.165, 1.54) is 0 Å². The fourth-order valence-corrected chi connectivity index (χ4v) is 3.37. The lowest BCUT2D eigenvalue weighted by molar-refractivity contribution is 0.0532. The number of aliphatic imine (C=N–C) groups is 1. The molecule has 26 heavy (non-hydrogen) atoms. The smallest absolute Gasteiger partial charge is 0.191 e. The molecule has 0 radical (unpaired) electrons. The molecule has 0 spiro atoms. The SMILES string of the molecule is CCCC(CCO)CN=C(NCC)NC1CCN(CCOC(C)C)CC1. The number of guanidine groups is 1. The molecule has 0 aromatic rings. The zero-order valence-corrected chi connectivity index (χ0v) is 17.5. The highest BCUT2D eigenvalue weighted by atomic mass is 16.5. The molecule has 3 N–H and O–H groups in total. The quantitative estimate of drug-likeness (QED) is 0.363. The normalized spacial score (nSPS) is 18.3. The molecule has 1 atom stereocenters. The number of ether oxygens (including phenoxy) is 1. The Morgan fingerprint density at radius 2 is 1.96 bits per heavy atom. The van der Waals surface area contributed by atoms with E-state index in [-0.39, 0.29) is 6.61 Å². The highest BCUT2D eigenvalue weighted by Crippen LogP contribution is 2.12. The molecule has 1 saturated heterocycles. The molecule has 1 unspecified atom stereocenters. The number of aliphatic hydroxyl groups excluding tert-OH is 1. The van der Waals surface area contributed by atoms with Crippen molar-refractivity contribution in [2.75, 3.05) is 45.9 Å². The lowest BCUT2D eigenvalue weighted by Gasteiger charge is -2.33. The van der Waals surface area contributed by atoms with Gasteiger partial charge in [-0.05, 0) is 52.4 Å². The van der Waals surface area contributed by atoms with Crippen molar-refractivity contribution in [2.45, 2.75) is 71.9 Å². The van der Waals surface area contributed by atoms with E-state index in [0.29, 0.717) is 18.1 Å².